The van der Waals surface area contributed by atoms with Crippen molar-refractivity contribution in [3.05, 3.63) is 23.8 Å². The molecule has 26 heavy (non-hydrogen) atoms. The van der Waals surface area contributed by atoms with Crippen molar-refractivity contribution in [2.24, 2.45) is 11.8 Å². The lowest BCUT2D eigenvalue weighted by atomic mass is 9.95. The molecular weight excluding hydrogens is 328 g/mol. The van der Waals surface area contributed by atoms with Crippen LogP contribution in [-0.4, -0.2) is 38.8 Å². The summed E-state index contributed by atoms with van der Waals surface area (Å²) in [6.45, 7) is 10.7. The van der Waals surface area contributed by atoms with Crippen molar-refractivity contribution in [2.75, 3.05) is 32.8 Å². The lowest BCUT2D eigenvalue weighted by Crippen LogP contribution is -3.14. The Morgan fingerprint density at radius 1 is 1.19 bits per heavy atom. The summed E-state index contributed by atoms with van der Waals surface area (Å²) in [4.78, 5) is 14.0. The van der Waals surface area contributed by atoms with Crippen molar-refractivity contribution in [3.8, 4) is 11.5 Å². The van der Waals surface area contributed by atoms with E-state index in [1.165, 1.54) is 17.7 Å². The van der Waals surface area contributed by atoms with Crippen molar-refractivity contribution in [1.82, 2.24) is 5.32 Å². The minimum Gasteiger partial charge on any atom is -0.490 e. The van der Waals surface area contributed by atoms with Crippen LogP contribution in [0.2, 0.25) is 0 Å². The van der Waals surface area contributed by atoms with Crippen molar-refractivity contribution >= 4 is 5.91 Å². The van der Waals surface area contributed by atoms with Crippen LogP contribution in [-0.2, 0) is 4.79 Å². The average Bonchev–Trinajstić information content (AvgIpc) is 2.86. The first-order chi connectivity index (χ1) is 12.5. The molecule has 0 unspecified atom stereocenters. The molecule has 2 N–H and O–H groups in total. The Bertz CT molecular complexity index is 609. The minimum absolute atomic E-state index is 0.0113. The zero-order valence-corrected chi connectivity index (χ0v) is 16.3. The highest BCUT2D eigenvalue weighted by molar-refractivity contribution is 5.77. The van der Waals surface area contributed by atoms with E-state index in [1.807, 2.05) is 18.2 Å². The molecule has 1 amide bonds. The van der Waals surface area contributed by atoms with Gasteiger partial charge in [0, 0.05) is 6.42 Å². The molecule has 1 saturated heterocycles. The maximum atomic E-state index is 12.6. The molecule has 3 rings (SSSR count). The highest BCUT2D eigenvalue weighted by atomic mass is 16.5. The third-order valence-corrected chi connectivity index (χ3v) is 5.51. The topological polar surface area (TPSA) is 52.0 Å². The SMILES string of the molecule is CC1CC[NH+](CC(=O)N[C@@H](c2ccc3c(c2)OCCCO3)C(C)C)CC1. The third-order valence-electron chi connectivity index (χ3n) is 5.51. The number of carbonyl (C=O) groups excluding carboxylic acids is 1. The second kappa shape index (κ2) is 8.76. The van der Waals surface area contributed by atoms with Crippen molar-refractivity contribution < 1.29 is 19.2 Å². The molecule has 0 bridgehead atoms. The van der Waals surface area contributed by atoms with Gasteiger partial charge in [-0.15, -0.1) is 0 Å². The zero-order chi connectivity index (χ0) is 18.5. The van der Waals surface area contributed by atoms with E-state index < -0.39 is 0 Å². The van der Waals surface area contributed by atoms with Gasteiger partial charge < -0.3 is 19.7 Å². The van der Waals surface area contributed by atoms with Gasteiger partial charge in [0.15, 0.2) is 18.0 Å². The summed E-state index contributed by atoms with van der Waals surface area (Å²) in [5, 5.41) is 3.26. The Morgan fingerprint density at radius 3 is 2.58 bits per heavy atom. The maximum absolute atomic E-state index is 12.6. The van der Waals surface area contributed by atoms with Gasteiger partial charge in [-0.05, 0) is 42.4 Å². The number of piperidine rings is 1. The van der Waals surface area contributed by atoms with Crippen LogP contribution < -0.4 is 19.7 Å². The monoisotopic (exact) mass is 361 g/mol. The van der Waals surface area contributed by atoms with Crippen LogP contribution >= 0.6 is 0 Å². The number of quaternary nitrogens is 1. The summed E-state index contributed by atoms with van der Waals surface area (Å²) in [7, 11) is 0. The molecule has 0 radical (unpaired) electrons. The van der Waals surface area contributed by atoms with Gasteiger partial charge in [-0.2, -0.15) is 0 Å². The molecule has 1 fully saturated rings. The lowest BCUT2D eigenvalue weighted by Gasteiger charge is -2.28. The van der Waals surface area contributed by atoms with Crippen LogP contribution in [0.5, 0.6) is 11.5 Å². The fourth-order valence-electron chi connectivity index (χ4n) is 3.81. The Labute approximate surface area is 157 Å². The van der Waals surface area contributed by atoms with Gasteiger partial charge in [0.1, 0.15) is 0 Å². The van der Waals surface area contributed by atoms with Crippen LogP contribution in [0.1, 0.15) is 51.6 Å². The fraction of sp³-hybridized carbons (Fsp3) is 0.667. The van der Waals surface area contributed by atoms with E-state index in [2.05, 4.69) is 26.1 Å². The van der Waals surface area contributed by atoms with E-state index in [9.17, 15) is 4.79 Å². The third kappa shape index (κ3) is 4.91. The molecule has 1 aromatic carbocycles. The van der Waals surface area contributed by atoms with Crippen molar-refractivity contribution in [3.63, 3.8) is 0 Å². The van der Waals surface area contributed by atoms with Gasteiger partial charge in [0.05, 0.1) is 32.3 Å². The second-order valence-corrected chi connectivity index (χ2v) is 8.16. The Balaban J connectivity index is 1.65. The standard InChI is InChI=1S/C21H32N2O3/c1-15(2)21(22-20(24)14-23-9-7-16(3)8-10-23)17-5-6-18-19(13-17)26-12-4-11-25-18/h5-6,13,15-16,21H,4,7-12,14H2,1-3H3,(H,22,24)/p+1/t21-/m1/s1. The van der Waals surface area contributed by atoms with Crippen LogP contribution in [0.15, 0.2) is 18.2 Å². The largest absolute Gasteiger partial charge is 0.490 e. The number of likely N-dealkylation sites (tertiary alicyclic amines) is 1. The summed E-state index contributed by atoms with van der Waals surface area (Å²) in [6.07, 6.45) is 3.34. The molecule has 1 aromatic rings. The number of fused-ring (bicyclic) bond motifs is 1. The van der Waals surface area contributed by atoms with Gasteiger partial charge >= 0.3 is 0 Å². The van der Waals surface area contributed by atoms with E-state index >= 15 is 0 Å². The van der Waals surface area contributed by atoms with Gasteiger partial charge in [-0.1, -0.05) is 26.8 Å². The maximum Gasteiger partial charge on any atom is 0.275 e. The van der Waals surface area contributed by atoms with Crippen molar-refractivity contribution in [1.29, 1.82) is 0 Å². The molecule has 144 valence electrons. The zero-order valence-electron chi connectivity index (χ0n) is 16.3. The first-order valence-electron chi connectivity index (χ1n) is 10.1. The molecule has 0 aromatic heterocycles. The number of amides is 1. The Hall–Kier alpha value is -1.75. The van der Waals surface area contributed by atoms with E-state index in [-0.39, 0.29) is 11.9 Å². The van der Waals surface area contributed by atoms with Gasteiger partial charge in [-0.3, -0.25) is 4.79 Å². The summed E-state index contributed by atoms with van der Waals surface area (Å²) in [5.41, 5.74) is 1.08. The smallest absolute Gasteiger partial charge is 0.275 e. The number of hydrogen-bond acceptors (Lipinski definition) is 3. The molecule has 0 aliphatic carbocycles. The Kier molecular flexibility index (Phi) is 6.41. The molecule has 2 heterocycles. The summed E-state index contributed by atoms with van der Waals surface area (Å²) in [5.74, 6) is 2.83. The van der Waals surface area contributed by atoms with E-state index in [4.69, 9.17) is 9.47 Å². The van der Waals surface area contributed by atoms with Gasteiger partial charge in [0.25, 0.3) is 5.91 Å². The highest BCUT2D eigenvalue weighted by Crippen LogP contribution is 2.34. The van der Waals surface area contributed by atoms with E-state index in [0.717, 1.165) is 42.5 Å². The van der Waals surface area contributed by atoms with Crippen LogP contribution in [0, 0.1) is 11.8 Å². The molecule has 1 atom stereocenters. The minimum atomic E-state index is -0.0113. The molecule has 2 aliphatic rings. The summed E-state index contributed by atoms with van der Waals surface area (Å²) in [6, 6.07) is 6.03. The van der Waals surface area contributed by atoms with Crippen LogP contribution in [0.25, 0.3) is 0 Å². The normalized spacial score (nSPS) is 24.0. The average molecular weight is 362 g/mol. The number of benzene rings is 1. The molecular formula is C21H33N2O3+. The predicted octanol–water partition coefficient (Wildman–Crippen LogP) is 1.98. The van der Waals surface area contributed by atoms with Crippen molar-refractivity contribution in [2.45, 2.75) is 46.1 Å². The number of nitrogens with one attached hydrogen (secondary N) is 2. The molecule has 5 heteroatoms. The van der Waals surface area contributed by atoms with E-state index in [0.29, 0.717) is 25.7 Å². The lowest BCUT2D eigenvalue weighted by molar-refractivity contribution is -0.898. The first kappa shape index (κ1) is 19.0. The molecule has 0 spiro atoms. The first-order valence-corrected chi connectivity index (χ1v) is 10.1. The number of rotatable bonds is 5. The number of hydrogen-bond donors (Lipinski definition) is 2. The Morgan fingerprint density at radius 2 is 1.88 bits per heavy atom. The molecule has 2 aliphatic heterocycles. The van der Waals surface area contributed by atoms with Gasteiger partial charge in [0.2, 0.25) is 0 Å². The fourth-order valence-corrected chi connectivity index (χ4v) is 3.81. The predicted molar refractivity (Wildman–Crippen MR) is 102 cm³/mol. The summed E-state index contributed by atoms with van der Waals surface area (Å²) >= 11 is 0. The summed E-state index contributed by atoms with van der Waals surface area (Å²) < 4.78 is 11.5. The van der Waals surface area contributed by atoms with Crippen LogP contribution in [0.4, 0.5) is 0 Å². The van der Waals surface area contributed by atoms with Gasteiger partial charge in [-0.25, -0.2) is 0 Å². The highest BCUT2D eigenvalue weighted by Gasteiger charge is 2.25. The number of carbonyl (C=O) groups is 1. The molecule has 5 nitrogen and oxygen atoms in total. The van der Waals surface area contributed by atoms with E-state index in [1.54, 1.807) is 0 Å². The number of ether oxygens (including phenoxy) is 2. The molecule has 0 saturated carbocycles. The quantitative estimate of drug-likeness (QED) is 0.843. The second-order valence-electron chi connectivity index (χ2n) is 8.16. The van der Waals surface area contributed by atoms with Crippen LogP contribution in [0.3, 0.4) is 0 Å².